The van der Waals surface area contributed by atoms with Crippen molar-refractivity contribution >= 4 is 15.7 Å². The number of hydrogen-bond acceptors (Lipinski definition) is 3. The van der Waals surface area contributed by atoms with Gasteiger partial charge in [-0.3, -0.25) is 4.31 Å². The Morgan fingerprint density at radius 2 is 1.86 bits per heavy atom. The molecule has 116 valence electrons. The average molecular weight is 317 g/mol. The van der Waals surface area contributed by atoms with E-state index in [1.54, 1.807) is 24.3 Å². The number of hydrogen-bond donors (Lipinski definition) is 1. The van der Waals surface area contributed by atoms with Crippen LogP contribution in [0.2, 0.25) is 0 Å². The minimum atomic E-state index is -3.62. The van der Waals surface area contributed by atoms with Gasteiger partial charge in [0, 0.05) is 12.1 Å². The van der Waals surface area contributed by atoms with Gasteiger partial charge < -0.3 is 5.11 Å². The molecule has 0 aromatic heterocycles. The molecule has 0 spiro atoms. The third kappa shape index (κ3) is 2.40. The lowest BCUT2D eigenvalue weighted by Crippen LogP contribution is -2.37. The van der Waals surface area contributed by atoms with Gasteiger partial charge in [0.05, 0.1) is 16.7 Å². The maximum absolute atomic E-state index is 13.0. The molecule has 0 saturated heterocycles. The van der Waals surface area contributed by atoms with Crippen molar-refractivity contribution in [2.45, 2.75) is 31.3 Å². The number of para-hydroxylation sites is 1. The highest BCUT2D eigenvalue weighted by atomic mass is 32.2. The first-order valence-electron chi connectivity index (χ1n) is 7.28. The number of fused-ring (bicyclic) bond motifs is 1. The van der Waals surface area contributed by atoms with Crippen LogP contribution in [0.4, 0.5) is 5.69 Å². The van der Waals surface area contributed by atoms with E-state index >= 15 is 0 Å². The monoisotopic (exact) mass is 317 g/mol. The minimum Gasteiger partial charge on any atom is -0.388 e. The van der Waals surface area contributed by atoms with Gasteiger partial charge >= 0.3 is 0 Å². The Morgan fingerprint density at radius 3 is 2.59 bits per heavy atom. The Hall–Kier alpha value is -1.85. The minimum absolute atomic E-state index is 0.286. The van der Waals surface area contributed by atoms with Crippen molar-refractivity contribution in [3.05, 3.63) is 59.2 Å². The summed E-state index contributed by atoms with van der Waals surface area (Å²) < 4.78 is 27.5. The largest absolute Gasteiger partial charge is 0.388 e. The fraction of sp³-hybridized carbons (Fsp3) is 0.294. The second kappa shape index (κ2) is 5.41. The molecule has 0 fully saturated rings. The summed E-state index contributed by atoms with van der Waals surface area (Å²) in [5.41, 5.74) is 3.01. The molecule has 2 aromatic carbocycles. The quantitative estimate of drug-likeness (QED) is 0.926. The molecule has 1 atom stereocenters. The number of nitrogens with zero attached hydrogens (tertiary/aromatic N) is 1. The number of aliphatic hydroxyl groups excluding tert-OH is 1. The van der Waals surface area contributed by atoms with E-state index in [9.17, 15) is 13.5 Å². The lowest BCUT2D eigenvalue weighted by molar-refractivity contribution is 0.166. The number of aliphatic hydroxyl groups is 1. The van der Waals surface area contributed by atoms with E-state index in [4.69, 9.17) is 0 Å². The Bertz CT molecular complexity index is 814. The Labute approximate surface area is 131 Å². The molecule has 5 heteroatoms. The van der Waals surface area contributed by atoms with Crippen molar-refractivity contribution in [3.63, 3.8) is 0 Å². The maximum atomic E-state index is 13.0. The fourth-order valence-corrected chi connectivity index (χ4v) is 4.68. The van der Waals surface area contributed by atoms with Crippen molar-refractivity contribution < 1.29 is 13.5 Å². The van der Waals surface area contributed by atoms with E-state index in [2.05, 4.69) is 0 Å². The Balaban J connectivity index is 2.13. The van der Waals surface area contributed by atoms with Gasteiger partial charge in [0.15, 0.2) is 0 Å². The van der Waals surface area contributed by atoms with Crippen LogP contribution in [0.1, 0.15) is 29.2 Å². The van der Waals surface area contributed by atoms with E-state index in [0.29, 0.717) is 22.6 Å². The van der Waals surface area contributed by atoms with Crippen LogP contribution in [0.25, 0.3) is 0 Å². The highest BCUT2D eigenvalue weighted by molar-refractivity contribution is 7.92. The van der Waals surface area contributed by atoms with Crippen molar-refractivity contribution in [3.8, 4) is 0 Å². The first-order chi connectivity index (χ1) is 10.4. The SMILES string of the molecule is Cc1ccc(S(=O)(=O)N2CCC(O)c3ccccc32)c(C)c1. The summed E-state index contributed by atoms with van der Waals surface area (Å²) in [5, 5.41) is 10.1. The molecule has 4 nitrogen and oxygen atoms in total. The second-order valence-corrected chi connectivity index (χ2v) is 7.54. The summed E-state index contributed by atoms with van der Waals surface area (Å²) in [7, 11) is -3.62. The van der Waals surface area contributed by atoms with E-state index in [-0.39, 0.29) is 6.54 Å². The molecule has 0 bridgehead atoms. The van der Waals surface area contributed by atoms with E-state index in [1.807, 2.05) is 32.0 Å². The van der Waals surface area contributed by atoms with Gasteiger partial charge in [-0.1, -0.05) is 35.9 Å². The van der Waals surface area contributed by atoms with E-state index in [0.717, 1.165) is 11.1 Å². The third-order valence-electron chi connectivity index (χ3n) is 4.07. The van der Waals surface area contributed by atoms with E-state index < -0.39 is 16.1 Å². The van der Waals surface area contributed by atoms with Crippen LogP contribution in [-0.4, -0.2) is 20.1 Å². The van der Waals surface area contributed by atoms with Crippen LogP contribution in [0, 0.1) is 13.8 Å². The summed E-state index contributed by atoms with van der Waals surface area (Å²) in [5.74, 6) is 0. The van der Waals surface area contributed by atoms with Crippen LogP contribution in [0.5, 0.6) is 0 Å². The summed E-state index contributed by atoms with van der Waals surface area (Å²) in [6.45, 7) is 4.04. The number of sulfonamides is 1. The lowest BCUT2D eigenvalue weighted by Gasteiger charge is -2.33. The Morgan fingerprint density at radius 1 is 1.14 bits per heavy atom. The molecule has 0 amide bonds. The van der Waals surface area contributed by atoms with Gasteiger partial charge in [-0.25, -0.2) is 8.42 Å². The van der Waals surface area contributed by atoms with Crippen LogP contribution < -0.4 is 4.31 Å². The molecule has 0 saturated carbocycles. The van der Waals surface area contributed by atoms with Gasteiger partial charge in [0.25, 0.3) is 10.0 Å². The zero-order chi connectivity index (χ0) is 15.9. The molecule has 1 aliphatic rings. The van der Waals surface area contributed by atoms with Gasteiger partial charge in [-0.2, -0.15) is 0 Å². The van der Waals surface area contributed by atoms with Gasteiger partial charge in [-0.15, -0.1) is 0 Å². The molecule has 1 heterocycles. The van der Waals surface area contributed by atoms with Gasteiger partial charge in [0.2, 0.25) is 0 Å². The number of anilines is 1. The summed E-state index contributed by atoms with van der Waals surface area (Å²) in [6, 6.07) is 12.5. The molecular formula is C17H19NO3S. The van der Waals surface area contributed by atoms with Gasteiger partial charge in [0.1, 0.15) is 0 Å². The number of aryl methyl sites for hydroxylation is 2. The van der Waals surface area contributed by atoms with Crippen molar-refractivity contribution in [1.82, 2.24) is 0 Å². The summed E-state index contributed by atoms with van der Waals surface area (Å²) in [4.78, 5) is 0.323. The molecule has 0 aliphatic carbocycles. The molecule has 1 N–H and O–H groups in total. The molecule has 3 rings (SSSR count). The highest BCUT2D eigenvalue weighted by Gasteiger charge is 2.32. The molecular weight excluding hydrogens is 298 g/mol. The molecule has 1 aliphatic heterocycles. The van der Waals surface area contributed by atoms with Crippen molar-refractivity contribution in [2.24, 2.45) is 0 Å². The third-order valence-corrected chi connectivity index (χ3v) is 6.04. The maximum Gasteiger partial charge on any atom is 0.264 e. The zero-order valence-corrected chi connectivity index (χ0v) is 13.5. The Kier molecular flexibility index (Phi) is 3.70. The van der Waals surface area contributed by atoms with Crippen molar-refractivity contribution in [2.75, 3.05) is 10.8 Å². The smallest absolute Gasteiger partial charge is 0.264 e. The van der Waals surface area contributed by atoms with Crippen LogP contribution in [0.15, 0.2) is 47.4 Å². The van der Waals surface area contributed by atoms with Crippen LogP contribution >= 0.6 is 0 Å². The molecule has 22 heavy (non-hydrogen) atoms. The molecule has 1 unspecified atom stereocenters. The van der Waals surface area contributed by atoms with Crippen molar-refractivity contribution in [1.29, 1.82) is 0 Å². The predicted molar refractivity (Wildman–Crippen MR) is 86.5 cm³/mol. The number of rotatable bonds is 2. The van der Waals surface area contributed by atoms with E-state index in [1.165, 1.54) is 4.31 Å². The summed E-state index contributed by atoms with van der Waals surface area (Å²) >= 11 is 0. The molecule has 2 aromatic rings. The summed E-state index contributed by atoms with van der Waals surface area (Å²) in [6.07, 6.45) is -0.206. The van der Waals surface area contributed by atoms with Gasteiger partial charge in [-0.05, 0) is 38.0 Å². The fourth-order valence-electron chi connectivity index (χ4n) is 2.97. The topological polar surface area (TPSA) is 57.6 Å². The standard InChI is InChI=1S/C17H19NO3S/c1-12-7-8-17(13(2)11-12)22(20,21)18-10-9-16(19)14-5-3-4-6-15(14)18/h3-8,11,16,19H,9-10H2,1-2H3. The van der Waals surface area contributed by atoms with Crippen LogP contribution in [0.3, 0.4) is 0 Å². The first-order valence-corrected chi connectivity index (χ1v) is 8.72. The molecule has 0 radical (unpaired) electrons. The number of benzene rings is 2. The predicted octanol–water partition coefficient (Wildman–Crippen LogP) is 2.94. The zero-order valence-electron chi connectivity index (χ0n) is 12.7. The normalized spacial score (nSPS) is 18.1. The van der Waals surface area contributed by atoms with Crippen LogP contribution in [-0.2, 0) is 10.0 Å². The first kappa shape index (κ1) is 15.1. The highest BCUT2D eigenvalue weighted by Crippen LogP contribution is 2.37. The second-order valence-electron chi connectivity index (χ2n) is 5.71. The average Bonchev–Trinajstić information content (AvgIpc) is 2.47. The lowest BCUT2D eigenvalue weighted by atomic mass is 10.0.